The van der Waals surface area contributed by atoms with Crippen LogP contribution in [-0.4, -0.2) is 38.7 Å². The lowest BCUT2D eigenvalue weighted by molar-refractivity contribution is 0.0747. The van der Waals surface area contributed by atoms with E-state index in [1.54, 1.807) is 22.8 Å². The van der Waals surface area contributed by atoms with Gasteiger partial charge in [-0.05, 0) is 13.3 Å². The first-order chi connectivity index (χ1) is 8.36. The van der Waals surface area contributed by atoms with Crippen LogP contribution >= 0.6 is 12.2 Å². The summed E-state index contributed by atoms with van der Waals surface area (Å²) in [4.78, 5) is 14.4. The van der Waals surface area contributed by atoms with Crippen molar-refractivity contribution in [3.63, 3.8) is 0 Å². The van der Waals surface area contributed by atoms with Crippen molar-refractivity contribution in [1.82, 2.24) is 14.7 Å². The topological polar surface area (TPSA) is 64.2 Å². The SMILES string of the molecule is CCc1nn(C)cc1C(=O)N(C)C(C)CC(N)=S. The molecule has 0 aliphatic carbocycles. The van der Waals surface area contributed by atoms with E-state index in [4.69, 9.17) is 18.0 Å². The predicted molar refractivity (Wildman–Crippen MR) is 75.5 cm³/mol. The molecular weight excluding hydrogens is 248 g/mol. The molecule has 1 rings (SSSR count). The van der Waals surface area contributed by atoms with Crippen molar-refractivity contribution in [2.75, 3.05) is 7.05 Å². The zero-order chi connectivity index (χ0) is 13.9. The number of hydrogen-bond donors (Lipinski definition) is 1. The monoisotopic (exact) mass is 268 g/mol. The van der Waals surface area contributed by atoms with Gasteiger partial charge in [-0.3, -0.25) is 9.48 Å². The molecule has 0 aliphatic rings. The molecule has 0 aromatic carbocycles. The van der Waals surface area contributed by atoms with Crippen LogP contribution in [0.5, 0.6) is 0 Å². The van der Waals surface area contributed by atoms with Gasteiger partial charge >= 0.3 is 0 Å². The van der Waals surface area contributed by atoms with E-state index in [1.165, 1.54) is 0 Å². The van der Waals surface area contributed by atoms with Crippen LogP contribution in [0, 0.1) is 0 Å². The Kier molecular flexibility index (Phi) is 4.84. The Morgan fingerprint density at radius 1 is 1.67 bits per heavy atom. The standard InChI is InChI=1S/C12H20N4OS/c1-5-10-9(7-15(3)14-10)12(17)16(4)8(2)6-11(13)18/h7-8H,5-6H2,1-4H3,(H2,13,18). The number of thiocarbonyl (C=S) groups is 1. The number of hydrogen-bond acceptors (Lipinski definition) is 3. The second-order valence-electron chi connectivity index (χ2n) is 4.45. The lowest BCUT2D eigenvalue weighted by atomic mass is 10.1. The first kappa shape index (κ1) is 14.6. The van der Waals surface area contributed by atoms with Gasteiger partial charge in [-0.15, -0.1) is 0 Å². The van der Waals surface area contributed by atoms with Gasteiger partial charge in [-0.25, -0.2) is 0 Å². The number of nitrogens with two attached hydrogens (primary N) is 1. The highest BCUT2D eigenvalue weighted by Crippen LogP contribution is 2.13. The van der Waals surface area contributed by atoms with Crippen molar-refractivity contribution in [2.24, 2.45) is 12.8 Å². The maximum absolute atomic E-state index is 12.3. The summed E-state index contributed by atoms with van der Waals surface area (Å²) in [7, 11) is 3.58. The summed E-state index contributed by atoms with van der Waals surface area (Å²) in [6, 6.07) is -0.0140. The fraction of sp³-hybridized carbons (Fsp3) is 0.583. The molecule has 1 unspecified atom stereocenters. The van der Waals surface area contributed by atoms with Crippen LogP contribution in [0.2, 0.25) is 0 Å². The van der Waals surface area contributed by atoms with Crippen LogP contribution in [0.3, 0.4) is 0 Å². The van der Waals surface area contributed by atoms with Crippen molar-refractivity contribution in [3.05, 3.63) is 17.5 Å². The predicted octanol–water partition coefficient (Wildman–Crippen LogP) is 1.12. The molecule has 0 radical (unpaired) electrons. The van der Waals surface area contributed by atoms with E-state index in [0.29, 0.717) is 17.0 Å². The number of aromatic nitrogens is 2. The number of carbonyl (C=O) groups is 1. The summed E-state index contributed by atoms with van der Waals surface area (Å²) in [6.07, 6.45) is 3.02. The molecular formula is C12H20N4OS. The van der Waals surface area contributed by atoms with Crippen molar-refractivity contribution >= 4 is 23.1 Å². The normalized spacial score (nSPS) is 12.2. The van der Waals surface area contributed by atoms with Crippen LogP contribution in [0.4, 0.5) is 0 Å². The molecule has 1 heterocycles. The highest BCUT2D eigenvalue weighted by atomic mass is 32.1. The number of nitrogens with zero attached hydrogens (tertiary/aromatic N) is 3. The minimum atomic E-state index is -0.0382. The average Bonchev–Trinajstić information content (AvgIpc) is 2.67. The maximum Gasteiger partial charge on any atom is 0.257 e. The van der Waals surface area contributed by atoms with Gasteiger partial charge in [-0.1, -0.05) is 19.1 Å². The van der Waals surface area contributed by atoms with E-state index in [-0.39, 0.29) is 11.9 Å². The van der Waals surface area contributed by atoms with E-state index in [0.717, 1.165) is 12.1 Å². The summed E-state index contributed by atoms with van der Waals surface area (Å²) in [6.45, 7) is 3.91. The Bertz CT molecular complexity index is 455. The van der Waals surface area contributed by atoms with Gasteiger partial charge in [0.2, 0.25) is 0 Å². The molecule has 100 valence electrons. The lowest BCUT2D eigenvalue weighted by Crippen LogP contribution is -2.37. The van der Waals surface area contributed by atoms with Gasteiger partial charge in [0.25, 0.3) is 5.91 Å². The molecule has 1 atom stereocenters. The molecule has 0 saturated carbocycles. The van der Waals surface area contributed by atoms with Gasteiger partial charge in [0.1, 0.15) is 0 Å². The van der Waals surface area contributed by atoms with Crippen LogP contribution in [0.15, 0.2) is 6.20 Å². The Labute approximate surface area is 113 Å². The Morgan fingerprint density at radius 3 is 2.78 bits per heavy atom. The second kappa shape index (κ2) is 5.95. The molecule has 18 heavy (non-hydrogen) atoms. The van der Waals surface area contributed by atoms with Crippen molar-refractivity contribution < 1.29 is 4.79 Å². The van der Waals surface area contributed by atoms with E-state index in [2.05, 4.69) is 5.10 Å². The van der Waals surface area contributed by atoms with Crippen LogP contribution < -0.4 is 5.73 Å². The van der Waals surface area contributed by atoms with E-state index in [1.807, 2.05) is 20.9 Å². The van der Waals surface area contributed by atoms with Crippen molar-refractivity contribution in [1.29, 1.82) is 0 Å². The largest absolute Gasteiger partial charge is 0.393 e. The molecule has 1 amide bonds. The summed E-state index contributed by atoms with van der Waals surface area (Å²) in [5.41, 5.74) is 6.97. The minimum Gasteiger partial charge on any atom is -0.393 e. The quantitative estimate of drug-likeness (QED) is 0.813. The van der Waals surface area contributed by atoms with E-state index < -0.39 is 0 Å². The third kappa shape index (κ3) is 3.29. The van der Waals surface area contributed by atoms with Gasteiger partial charge in [0.05, 0.1) is 16.2 Å². The molecule has 6 heteroatoms. The number of carbonyl (C=O) groups excluding carboxylic acids is 1. The Balaban J connectivity index is 2.88. The fourth-order valence-corrected chi connectivity index (χ4v) is 2.03. The molecule has 0 aliphatic heterocycles. The lowest BCUT2D eigenvalue weighted by Gasteiger charge is -2.24. The minimum absolute atomic E-state index is 0.0140. The molecule has 5 nitrogen and oxygen atoms in total. The van der Waals surface area contributed by atoms with Crippen molar-refractivity contribution in [3.8, 4) is 0 Å². The molecule has 1 aromatic heterocycles. The summed E-state index contributed by atoms with van der Waals surface area (Å²) >= 11 is 4.87. The van der Waals surface area contributed by atoms with Crippen LogP contribution in [0.1, 0.15) is 36.3 Å². The summed E-state index contributed by atoms with van der Waals surface area (Å²) < 4.78 is 1.66. The average molecular weight is 268 g/mol. The zero-order valence-electron chi connectivity index (χ0n) is 11.3. The molecule has 1 aromatic rings. The highest BCUT2D eigenvalue weighted by Gasteiger charge is 2.22. The number of amides is 1. The molecule has 0 saturated heterocycles. The summed E-state index contributed by atoms with van der Waals surface area (Å²) in [5, 5.41) is 4.27. The van der Waals surface area contributed by atoms with Crippen molar-refractivity contribution in [2.45, 2.75) is 32.7 Å². The first-order valence-electron chi connectivity index (χ1n) is 5.94. The first-order valence-corrected chi connectivity index (χ1v) is 6.35. The second-order valence-corrected chi connectivity index (χ2v) is 4.98. The smallest absolute Gasteiger partial charge is 0.257 e. The molecule has 0 spiro atoms. The summed E-state index contributed by atoms with van der Waals surface area (Å²) in [5.74, 6) is -0.0382. The number of aryl methyl sites for hydroxylation is 2. The number of rotatable bonds is 5. The van der Waals surface area contributed by atoms with E-state index in [9.17, 15) is 4.79 Å². The van der Waals surface area contributed by atoms with Crippen LogP contribution in [0.25, 0.3) is 0 Å². The third-order valence-electron chi connectivity index (χ3n) is 2.95. The Hall–Kier alpha value is -1.43. The van der Waals surface area contributed by atoms with Gasteiger partial charge < -0.3 is 10.6 Å². The fourth-order valence-electron chi connectivity index (χ4n) is 1.79. The Morgan fingerprint density at radius 2 is 2.28 bits per heavy atom. The maximum atomic E-state index is 12.3. The zero-order valence-corrected chi connectivity index (χ0v) is 12.1. The van der Waals surface area contributed by atoms with Gasteiger partial charge in [-0.2, -0.15) is 5.10 Å². The molecule has 2 N–H and O–H groups in total. The third-order valence-corrected chi connectivity index (χ3v) is 3.12. The van der Waals surface area contributed by atoms with Gasteiger partial charge in [0, 0.05) is 32.8 Å². The molecule has 0 bridgehead atoms. The van der Waals surface area contributed by atoms with Gasteiger partial charge in [0.15, 0.2) is 0 Å². The molecule has 0 fully saturated rings. The highest BCUT2D eigenvalue weighted by molar-refractivity contribution is 7.80. The van der Waals surface area contributed by atoms with Crippen LogP contribution in [-0.2, 0) is 13.5 Å². The van der Waals surface area contributed by atoms with E-state index >= 15 is 0 Å².